The molecule has 3 atom stereocenters. The van der Waals surface area contributed by atoms with Crippen molar-refractivity contribution in [1.82, 2.24) is 0 Å². The van der Waals surface area contributed by atoms with Crippen LogP contribution in [-0.4, -0.2) is 11.6 Å². The Morgan fingerprint density at radius 2 is 2.11 bits per heavy atom. The summed E-state index contributed by atoms with van der Waals surface area (Å²) in [6, 6.07) is 0. The van der Waals surface area contributed by atoms with Crippen molar-refractivity contribution >= 4 is 5.97 Å². The lowest BCUT2D eigenvalue weighted by Gasteiger charge is -2.33. The second kappa shape index (κ2) is 4.56. The standard InChI is InChI=1S/C16H24O2/c1-10(2)15(17)18-16(4,5)9-12-7-13-6-11(3)14(13)8-12/h12-14H,1,3,6-9H2,2,4-5H3. The molecule has 2 rings (SSSR count). The number of esters is 1. The summed E-state index contributed by atoms with van der Waals surface area (Å²) in [4.78, 5) is 11.6. The number of carbonyl (C=O) groups is 1. The molecular formula is C16H24O2. The Hall–Kier alpha value is -1.05. The van der Waals surface area contributed by atoms with Gasteiger partial charge in [0.15, 0.2) is 0 Å². The number of hydrogen-bond acceptors (Lipinski definition) is 2. The lowest BCUT2D eigenvalue weighted by Crippen LogP contribution is -2.30. The van der Waals surface area contributed by atoms with Crippen molar-refractivity contribution in [3.05, 3.63) is 24.3 Å². The molecule has 2 aliphatic rings. The van der Waals surface area contributed by atoms with Crippen LogP contribution < -0.4 is 0 Å². The van der Waals surface area contributed by atoms with E-state index < -0.39 is 0 Å². The Kier molecular flexibility index (Phi) is 3.39. The minimum atomic E-state index is -0.383. The average Bonchev–Trinajstić information content (AvgIpc) is 2.53. The van der Waals surface area contributed by atoms with Gasteiger partial charge in [-0.2, -0.15) is 0 Å². The molecule has 2 heteroatoms. The van der Waals surface area contributed by atoms with Gasteiger partial charge in [0.25, 0.3) is 0 Å². The molecule has 2 nitrogen and oxygen atoms in total. The molecule has 0 aromatic rings. The van der Waals surface area contributed by atoms with Crippen LogP contribution >= 0.6 is 0 Å². The fourth-order valence-corrected chi connectivity index (χ4v) is 3.54. The summed E-state index contributed by atoms with van der Waals surface area (Å²) in [5, 5.41) is 0. The van der Waals surface area contributed by atoms with Crippen LogP contribution in [0.3, 0.4) is 0 Å². The van der Waals surface area contributed by atoms with E-state index in [1.165, 1.54) is 24.8 Å². The van der Waals surface area contributed by atoms with Gasteiger partial charge >= 0.3 is 5.97 Å². The van der Waals surface area contributed by atoms with Crippen molar-refractivity contribution in [3.63, 3.8) is 0 Å². The molecule has 0 spiro atoms. The van der Waals surface area contributed by atoms with Crippen molar-refractivity contribution in [3.8, 4) is 0 Å². The van der Waals surface area contributed by atoms with Gasteiger partial charge in [-0.05, 0) is 64.2 Å². The summed E-state index contributed by atoms with van der Waals surface area (Å²) in [6.45, 7) is 13.4. The predicted molar refractivity (Wildman–Crippen MR) is 73.1 cm³/mol. The molecule has 100 valence electrons. The number of fused-ring (bicyclic) bond motifs is 1. The van der Waals surface area contributed by atoms with E-state index in [0.29, 0.717) is 11.5 Å². The zero-order valence-corrected chi connectivity index (χ0v) is 11.8. The maximum atomic E-state index is 11.6. The first-order valence-electron chi connectivity index (χ1n) is 6.85. The highest BCUT2D eigenvalue weighted by molar-refractivity contribution is 5.87. The van der Waals surface area contributed by atoms with Gasteiger partial charge < -0.3 is 4.74 Å². The largest absolute Gasteiger partial charge is 0.456 e. The van der Waals surface area contributed by atoms with E-state index in [9.17, 15) is 4.79 Å². The summed E-state index contributed by atoms with van der Waals surface area (Å²) in [5.41, 5.74) is 1.52. The molecule has 0 aromatic heterocycles. The second-order valence-corrected chi connectivity index (χ2v) is 6.70. The minimum Gasteiger partial charge on any atom is -0.456 e. The third kappa shape index (κ3) is 2.68. The molecule has 3 unspecified atom stereocenters. The summed E-state index contributed by atoms with van der Waals surface area (Å²) < 4.78 is 5.52. The summed E-state index contributed by atoms with van der Waals surface area (Å²) in [6.07, 6.45) is 4.68. The van der Waals surface area contributed by atoms with Crippen LogP contribution in [0.5, 0.6) is 0 Å². The number of hydrogen-bond donors (Lipinski definition) is 0. The third-order valence-corrected chi connectivity index (χ3v) is 4.34. The van der Waals surface area contributed by atoms with Gasteiger partial charge in [0.2, 0.25) is 0 Å². The first kappa shape index (κ1) is 13.4. The maximum Gasteiger partial charge on any atom is 0.333 e. The Balaban J connectivity index is 1.87. The summed E-state index contributed by atoms with van der Waals surface area (Å²) in [7, 11) is 0. The summed E-state index contributed by atoms with van der Waals surface area (Å²) >= 11 is 0. The van der Waals surface area contributed by atoms with Gasteiger partial charge in [-0.1, -0.05) is 18.7 Å². The van der Waals surface area contributed by atoms with Crippen LogP contribution in [0.4, 0.5) is 0 Å². The SMILES string of the molecule is C=C(C)C(=O)OC(C)(C)CC1CC2CC(=C)C2C1. The van der Waals surface area contributed by atoms with E-state index in [2.05, 4.69) is 13.2 Å². The van der Waals surface area contributed by atoms with Gasteiger partial charge in [0.1, 0.15) is 5.60 Å². The van der Waals surface area contributed by atoms with Crippen molar-refractivity contribution < 1.29 is 9.53 Å². The number of allylic oxidation sites excluding steroid dienone is 1. The molecule has 0 bridgehead atoms. The second-order valence-electron chi connectivity index (χ2n) is 6.70. The number of ether oxygens (including phenoxy) is 1. The van der Waals surface area contributed by atoms with E-state index >= 15 is 0 Å². The number of rotatable bonds is 4. The van der Waals surface area contributed by atoms with Crippen molar-refractivity contribution in [2.75, 3.05) is 0 Å². The monoisotopic (exact) mass is 248 g/mol. The van der Waals surface area contributed by atoms with Crippen LogP contribution in [0.1, 0.15) is 46.5 Å². The van der Waals surface area contributed by atoms with Gasteiger partial charge in [0, 0.05) is 5.57 Å². The van der Waals surface area contributed by atoms with Gasteiger partial charge in [-0.25, -0.2) is 4.79 Å². The Morgan fingerprint density at radius 1 is 1.44 bits per heavy atom. The average molecular weight is 248 g/mol. The van der Waals surface area contributed by atoms with Crippen molar-refractivity contribution in [1.29, 1.82) is 0 Å². The highest BCUT2D eigenvalue weighted by Crippen LogP contribution is 2.54. The van der Waals surface area contributed by atoms with Gasteiger partial charge in [0.05, 0.1) is 0 Å². The zero-order chi connectivity index (χ0) is 13.5. The van der Waals surface area contributed by atoms with Crippen LogP contribution in [0.15, 0.2) is 24.3 Å². The van der Waals surface area contributed by atoms with E-state index in [-0.39, 0.29) is 11.6 Å². The molecule has 0 heterocycles. The highest BCUT2D eigenvalue weighted by Gasteiger charge is 2.44. The molecule has 18 heavy (non-hydrogen) atoms. The fourth-order valence-electron chi connectivity index (χ4n) is 3.54. The van der Waals surface area contributed by atoms with E-state index in [1.807, 2.05) is 13.8 Å². The van der Waals surface area contributed by atoms with Crippen molar-refractivity contribution in [2.45, 2.75) is 52.1 Å². The van der Waals surface area contributed by atoms with Gasteiger partial charge in [-0.3, -0.25) is 0 Å². The molecule has 2 fully saturated rings. The molecule has 2 saturated carbocycles. The van der Waals surface area contributed by atoms with Crippen LogP contribution in [0, 0.1) is 17.8 Å². The summed E-state index contributed by atoms with van der Waals surface area (Å²) in [5.74, 6) is 2.01. The lowest BCUT2D eigenvalue weighted by molar-refractivity contribution is -0.152. The zero-order valence-electron chi connectivity index (χ0n) is 11.8. The molecule has 0 N–H and O–H groups in total. The molecule has 0 aromatic carbocycles. The maximum absolute atomic E-state index is 11.6. The Morgan fingerprint density at radius 3 is 2.61 bits per heavy atom. The van der Waals surface area contributed by atoms with E-state index in [0.717, 1.165) is 18.3 Å². The van der Waals surface area contributed by atoms with Crippen LogP contribution in [0.2, 0.25) is 0 Å². The first-order valence-corrected chi connectivity index (χ1v) is 6.85. The smallest absolute Gasteiger partial charge is 0.333 e. The van der Waals surface area contributed by atoms with E-state index in [4.69, 9.17) is 4.74 Å². The lowest BCUT2D eigenvalue weighted by atomic mass is 9.72. The minimum absolute atomic E-state index is 0.273. The van der Waals surface area contributed by atoms with E-state index in [1.54, 1.807) is 6.92 Å². The Bertz CT molecular complexity index is 392. The molecular weight excluding hydrogens is 224 g/mol. The quantitative estimate of drug-likeness (QED) is 0.429. The topological polar surface area (TPSA) is 26.3 Å². The normalized spacial score (nSPS) is 30.6. The highest BCUT2D eigenvalue weighted by atomic mass is 16.6. The molecule has 0 amide bonds. The van der Waals surface area contributed by atoms with Gasteiger partial charge in [-0.15, -0.1) is 0 Å². The van der Waals surface area contributed by atoms with Crippen molar-refractivity contribution in [2.24, 2.45) is 17.8 Å². The van der Waals surface area contributed by atoms with Crippen LogP contribution in [0.25, 0.3) is 0 Å². The number of carbonyl (C=O) groups excluding carboxylic acids is 1. The van der Waals surface area contributed by atoms with Crippen LogP contribution in [-0.2, 0) is 9.53 Å². The first-order chi connectivity index (χ1) is 8.28. The fraction of sp³-hybridized carbons (Fsp3) is 0.688. The molecule has 0 aliphatic heterocycles. The predicted octanol–water partition coefficient (Wildman–Crippen LogP) is 3.88. The third-order valence-electron chi connectivity index (χ3n) is 4.34. The molecule has 0 saturated heterocycles. The molecule has 0 radical (unpaired) electrons. The molecule has 2 aliphatic carbocycles. The Labute approximate surface area is 110 Å².